The Labute approximate surface area is 105 Å². The van der Waals surface area contributed by atoms with E-state index in [1.807, 2.05) is 0 Å². The molecule has 1 N–H and O–H groups in total. The highest BCUT2D eigenvalue weighted by Crippen LogP contribution is 2.20. The van der Waals surface area contributed by atoms with E-state index in [0.29, 0.717) is 6.04 Å². The minimum Gasteiger partial charge on any atom is -0.382 e. The number of benzene rings is 1. The normalized spacial score (nSPS) is 22.2. The highest BCUT2D eigenvalue weighted by Gasteiger charge is 2.14. The van der Waals surface area contributed by atoms with Gasteiger partial charge in [0, 0.05) is 11.7 Å². The largest absolute Gasteiger partial charge is 0.382 e. The Hall–Kier alpha value is -1.02. The second kappa shape index (κ2) is 5.54. The average Bonchev–Trinajstić information content (AvgIpc) is 2.48. The van der Waals surface area contributed by atoms with Crippen LogP contribution in [0.1, 0.15) is 30.4 Å². The molecule has 0 amide bonds. The van der Waals surface area contributed by atoms with Crippen molar-refractivity contribution < 1.29 is 0 Å². The van der Waals surface area contributed by atoms with Gasteiger partial charge in [-0.2, -0.15) is 0 Å². The van der Waals surface area contributed by atoms with E-state index in [9.17, 15) is 0 Å². The summed E-state index contributed by atoms with van der Waals surface area (Å²) < 4.78 is 0. The molecule has 0 aliphatic carbocycles. The van der Waals surface area contributed by atoms with E-state index in [0.717, 1.165) is 0 Å². The predicted molar refractivity (Wildman–Crippen MR) is 74.7 cm³/mol. The molecule has 1 saturated heterocycles. The smallest absolute Gasteiger partial charge is 0.0372 e. The van der Waals surface area contributed by atoms with Crippen LogP contribution in [-0.4, -0.2) is 31.1 Å². The molecule has 1 aromatic rings. The second-order valence-electron chi connectivity index (χ2n) is 5.39. The number of hydrogen-bond acceptors (Lipinski definition) is 2. The summed E-state index contributed by atoms with van der Waals surface area (Å²) in [6, 6.07) is 7.31. The molecule has 1 atom stereocenters. The molecule has 1 fully saturated rings. The lowest BCUT2D eigenvalue weighted by Gasteiger charge is -2.19. The van der Waals surface area contributed by atoms with Crippen LogP contribution in [0.25, 0.3) is 0 Å². The molecule has 1 heterocycles. The van der Waals surface area contributed by atoms with E-state index in [4.69, 9.17) is 0 Å². The number of rotatable bonds is 2. The van der Waals surface area contributed by atoms with Crippen molar-refractivity contribution in [3.63, 3.8) is 0 Å². The molecule has 0 aromatic heterocycles. The van der Waals surface area contributed by atoms with Gasteiger partial charge >= 0.3 is 0 Å². The molecule has 1 aliphatic heterocycles. The minimum absolute atomic E-state index is 0.640. The van der Waals surface area contributed by atoms with Gasteiger partial charge < -0.3 is 10.2 Å². The topological polar surface area (TPSA) is 15.3 Å². The van der Waals surface area contributed by atoms with E-state index in [2.05, 4.69) is 49.3 Å². The van der Waals surface area contributed by atoms with Crippen LogP contribution in [-0.2, 0) is 0 Å². The Kier molecular flexibility index (Phi) is 4.06. The fourth-order valence-corrected chi connectivity index (χ4v) is 2.58. The highest BCUT2D eigenvalue weighted by atomic mass is 15.1. The van der Waals surface area contributed by atoms with Crippen molar-refractivity contribution in [1.82, 2.24) is 4.90 Å². The van der Waals surface area contributed by atoms with Crippen molar-refractivity contribution in [2.45, 2.75) is 39.2 Å². The maximum atomic E-state index is 3.71. The summed E-state index contributed by atoms with van der Waals surface area (Å²) in [6.45, 7) is 6.79. The van der Waals surface area contributed by atoms with E-state index in [-0.39, 0.29) is 0 Å². The van der Waals surface area contributed by atoms with E-state index >= 15 is 0 Å². The number of anilines is 1. The van der Waals surface area contributed by atoms with Gasteiger partial charge in [-0.25, -0.2) is 0 Å². The number of nitrogens with one attached hydrogen (secondary N) is 1. The zero-order valence-corrected chi connectivity index (χ0v) is 11.3. The predicted octanol–water partition coefficient (Wildman–Crippen LogP) is 3.20. The maximum Gasteiger partial charge on any atom is 0.0372 e. The van der Waals surface area contributed by atoms with Crippen molar-refractivity contribution >= 4 is 5.69 Å². The van der Waals surface area contributed by atoms with Gasteiger partial charge in [0.05, 0.1) is 0 Å². The summed E-state index contributed by atoms with van der Waals surface area (Å²) in [5, 5.41) is 3.71. The minimum atomic E-state index is 0.640. The first-order valence-electron chi connectivity index (χ1n) is 6.67. The lowest BCUT2D eigenvalue weighted by atomic mass is 10.1. The molecule has 2 nitrogen and oxygen atoms in total. The number of nitrogens with zero attached hydrogens (tertiary/aromatic N) is 1. The molecule has 1 aromatic carbocycles. The number of likely N-dealkylation sites (tertiary alicyclic amines) is 1. The summed E-state index contributed by atoms with van der Waals surface area (Å²) >= 11 is 0. The summed E-state index contributed by atoms with van der Waals surface area (Å²) in [6.07, 6.45) is 3.85. The molecule has 0 radical (unpaired) electrons. The van der Waals surface area contributed by atoms with Gasteiger partial charge in [0.25, 0.3) is 0 Å². The zero-order valence-electron chi connectivity index (χ0n) is 11.3. The Morgan fingerprint density at radius 1 is 1.18 bits per heavy atom. The van der Waals surface area contributed by atoms with E-state index < -0.39 is 0 Å². The monoisotopic (exact) mass is 232 g/mol. The molecule has 2 heteroatoms. The fraction of sp³-hybridized carbons (Fsp3) is 0.600. The first-order chi connectivity index (χ1) is 8.15. The Morgan fingerprint density at radius 2 is 2.00 bits per heavy atom. The molecule has 1 aliphatic rings. The second-order valence-corrected chi connectivity index (χ2v) is 5.39. The highest BCUT2D eigenvalue weighted by molar-refractivity contribution is 5.52. The Bertz CT molecular complexity index is 373. The lowest BCUT2D eigenvalue weighted by molar-refractivity contribution is 0.348. The molecular weight excluding hydrogens is 208 g/mol. The molecule has 1 unspecified atom stereocenters. The fourth-order valence-electron chi connectivity index (χ4n) is 2.58. The number of aryl methyl sites for hydroxylation is 2. The molecule has 0 bridgehead atoms. The van der Waals surface area contributed by atoms with Crippen LogP contribution in [0.2, 0.25) is 0 Å². The van der Waals surface area contributed by atoms with Gasteiger partial charge in [-0.3, -0.25) is 0 Å². The standard InChI is InChI=1S/C15H24N2/c1-12-6-7-15(13(2)11-12)16-14-5-4-9-17(3)10-8-14/h6-7,11,14,16H,4-5,8-10H2,1-3H3. The first-order valence-corrected chi connectivity index (χ1v) is 6.67. The third kappa shape index (κ3) is 3.47. The van der Waals surface area contributed by atoms with Crippen molar-refractivity contribution in [2.75, 3.05) is 25.5 Å². The third-order valence-electron chi connectivity index (χ3n) is 3.69. The number of hydrogen-bond donors (Lipinski definition) is 1. The van der Waals surface area contributed by atoms with Gasteiger partial charge in [-0.05, 0) is 64.9 Å². The maximum absolute atomic E-state index is 3.71. The third-order valence-corrected chi connectivity index (χ3v) is 3.69. The van der Waals surface area contributed by atoms with Gasteiger partial charge in [-0.15, -0.1) is 0 Å². The van der Waals surface area contributed by atoms with Crippen LogP contribution in [0.3, 0.4) is 0 Å². The SMILES string of the molecule is Cc1ccc(NC2CCCN(C)CC2)c(C)c1. The molecule has 0 spiro atoms. The van der Waals surface area contributed by atoms with Gasteiger partial charge in [-0.1, -0.05) is 17.7 Å². The quantitative estimate of drug-likeness (QED) is 0.842. The van der Waals surface area contributed by atoms with Gasteiger partial charge in [0.15, 0.2) is 0 Å². The van der Waals surface area contributed by atoms with Crippen LogP contribution >= 0.6 is 0 Å². The van der Waals surface area contributed by atoms with E-state index in [1.165, 1.54) is 49.2 Å². The van der Waals surface area contributed by atoms with Crippen LogP contribution in [0.4, 0.5) is 5.69 Å². The van der Waals surface area contributed by atoms with Crippen molar-refractivity contribution in [3.8, 4) is 0 Å². The first kappa shape index (κ1) is 12.4. The van der Waals surface area contributed by atoms with Crippen molar-refractivity contribution in [3.05, 3.63) is 29.3 Å². The van der Waals surface area contributed by atoms with Gasteiger partial charge in [0.1, 0.15) is 0 Å². The van der Waals surface area contributed by atoms with E-state index in [1.54, 1.807) is 0 Å². The Balaban J connectivity index is 2.00. The molecule has 2 rings (SSSR count). The lowest BCUT2D eigenvalue weighted by Crippen LogP contribution is -2.23. The van der Waals surface area contributed by atoms with Crippen LogP contribution < -0.4 is 5.32 Å². The summed E-state index contributed by atoms with van der Waals surface area (Å²) in [5.74, 6) is 0. The molecule has 17 heavy (non-hydrogen) atoms. The zero-order chi connectivity index (χ0) is 12.3. The van der Waals surface area contributed by atoms with Crippen LogP contribution in [0, 0.1) is 13.8 Å². The van der Waals surface area contributed by atoms with Crippen molar-refractivity contribution in [2.24, 2.45) is 0 Å². The Morgan fingerprint density at radius 3 is 2.76 bits per heavy atom. The van der Waals surface area contributed by atoms with Gasteiger partial charge in [0.2, 0.25) is 0 Å². The van der Waals surface area contributed by atoms with Crippen molar-refractivity contribution in [1.29, 1.82) is 0 Å². The summed E-state index contributed by atoms with van der Waals surface area (Å²) in [7, 11) is 2.22. The van der Waals surface area contributed by atoms with Crippen LogP contribution in [0.15, 0.2) is 18.2 Å². The van der Waals surface area contributed by atoms with Crippen LogP contribution in [0.5, 0.6) is 0 Å². The molecule has 0 saturated carbocycles. The molecular formula is C15H24N2. The molecule has 94 valence electrons. The summed E-state index contributed by atoms with van der Waals surface area (Å²) in [5.41, 5.74) is 4.02. The average molecular weight is 232 g/mol. The summed E-state index contributed by atoms with van der Waals surface area (Å²) in [4.78, 5) is 2.43.